The molecule has 0 saturated carbocycles. The second-order valence-electron chi connectivity index (χ2n) is 7.92. The third-order valence-corrected chi connectivity index (χ3v) is 6.63. The molecule has 33 heavy (non-hydrogen) atoms. The summed E-state index contributed by atoms with van der Waals surface area (Å²) in [4.78, 5) is 25.4. The molecule has 2 heterocycles. The van der Waals surface area contributed by atoms with E-state index in [2.05, 4.69) is 10.6 Å². The van der Waals surface area contributed by atoms with Crippen LogP contribution in [0.5, 0.6) is 11.5 Å². The van der Waals surface area contributed by atoms with Crippen LogP contribution >= 0.6 is 11.8 Å². The Labute approximate surface area is 193 Å². The summed E-state index contributed by atoms with van der Waals surface area (Å²) >= 11 is 1.08. The Morgan fingerprint density at radius 3 is 2.82 bits per heavy atom. The lowest BCUT2D eigenvalue weighted by atomic mass is 10.1. The summed E-state index contributed by atoms with van der Waals surface area (Å²) < 4.78 is 50.2. The maximum absolute atomic E-state index is 12.9. The van der Waals surface area contributed by atoms with E-state index in [1.165, 1.54) is 6.07 Å². The van der Waals surface area contributed by atoms with Crippen LogP contribution in [0.2, 0.25) is 0 Å². The highest BCUT2D eigenvalue weighted by molar-refractivity contribution is 8.01. The fourth-order valence-corrected chi connectivity index (χ4v) is 4.90. The molecule has 2 aliphatic heterocycles. The fraction of sp³-hybridized carbons (Fsp3) is 0.391. The quantitative estimate of drug-likeness (QED) is 0.635. The highest BCUT2D eigenvalue weighted by atomic mass is 32.2. The van der Waals surface area contributed by atoms with Gasteiger partial charge in [0, 0.05) is 35.4 Å². The molecule has 0 aromatic heterocycles. The monoisotopic (exact) mass is 480 g/mol. The molecule has 2 N–H and O–H groups in total. The molecule has 0 radical (unpaired) electrons. The van der Waals surface area contributed by atoms with Gasteiger partial charge in [-0.2, -0.15) is 13.2 Å². The largest absolute Gasteiger partial charge is 0.494 e. The van der Waals surface area contributed by atoms with Crippen molar-refractivity contribution in [3.8, 4) is 11.5 Å². The van der Waals surface area contributed by atoms with Gasteiger partial charge in [0.1, 0.15) is 17.6 Å². The topological polar surface area (TPSA) is 76.7 Å². The van der Waals surface area contributed by atoms with Crippen LogP contribution < -0.4 is 20.1 Å². The Morgan fingerprint density at radius 1 is 1.30 bits per heavy atom. The van der Waals surface area contributed by atoms with Crippen molar-refractivity contribution in [1.82, 2.24) is 5.32 Å². The van der Waals surface area contributed by atoms with Crippen molar-refractivity contribution >= 4 is 29.3 Å². The third-order valence-electron chi connectivity index (χ3n) is 5.35. The molecule has 0 fully saturated rings. The van der Waals surface area contributed by atoms with Gasteiger partial charge in [0.2, 0.25) is 11.8 Å². The first kappa shape index (κ1) is 23.3. The number of ether oxygens (including phenoxy) is 2. The van der Waals surface area contributed by atoms with Crippen LogP contribution in [0.3, 0.4) is 0 Å². The molecule has 2 aromatic rings. The second-order valence-corrected chi connectivity index (χ2v) is 9.16. The number of alkyl halides is 3. The summed E-state index contributed by atoms with van der Waals surface area (Å²) in [6.07, 6.45) is -3.74. The number of amides is 2. The number of nitrogens with one attached hydrogen (secondary N) is 2. The minimum atomic E-state index is -4.50. The lowest BCUT2D eigenvalue weighted by molar-refractivity contribution is -0.137. The van der Waals surface area contributed by atoms with E-state index in [9.17, 15) is 22.8 Å². The zero-order chi connectivity index (χ0) is 23.8. The summed E-state index contributed by atoms with van der Waals surface area (Å²) in [5, 5.41) is 4.54. The molecule has 0 unspecified atom stereocenters. The SMILES string of the molecule is CCOc1cc2c(cc1CNC(=O)C[C@H]1Sc3ccc(C(F)(F)F)cc3NC1=O)O[C@@H](C)C2. The summed E-state index contributed by atoms with van der Waals surface area (Å²) in [6.45, 7) is 4.54. The van der Waals surface area contributed by atoms with E-state index in [0.29, 0.717) is 17.3 Å². The molecule has 2 amide bonds. The van der Waals surface area contributed by atoms with Crippen LogP contribution in [0.25, 0.3) is 0 Å². The molecule has 6 nitrogen and oxygen atoms in total. The van der Waals surface area contributed by atoms with Crippen LogP contribution in [0.15, 0.2) is 35.2 Å². The van der Waals surface area contributed by atoms with E-state index in [1.54, 1.807) is 0 Å². The van der Waals surface area contributed by atoms with E-state index in [-0.39, 0.29) is 30.7 Å². The van der Waals surface area contributed by atoms with Crippen molar-refractivity contribution in [3.63, 3.8) is 0 Å². The predicted molar refractivity (Wildman–Crippen MR) is 118 cm³/mol. The Kier molecular flexibility index (Phi) is 6.47. The fourth-order valence-electron chi connectivity index (χ4n) is 3.80. The first-order valence-corrected chi connectivity index (χ1v) is 11.4. The van der Waals surface area contributed by atoms with Crippen LogP contribution in [0.1, 0.15) is 37.0 Å². The van der Waals surface area contributed by atoms with Gasteiger partial charge in [0.05, 0.1) is 23.1 Å². The number of anilines is 1. The molecule has 0 bridgehead atoms. The molecule has 0 saturated heterocycles. The van der Waals surface area contributed by atoms with Gasteiger partial charge in [-0.15, -0.1) is 11.8 Å². The summed E-state index contributed by atoms with van der Waals surface area (Å²) in [5.41, 5.74) is 1.09. The van der Waals surface area contributed by atoms with Crippen molar-refractivity contribution in [2.45, 2.75) is 55.7 Å². The number of fused-ring (bicyclic) bond motifs is 2. The minimum absolute atomic E-state index is 0.0799. The number of thioether (sulfide) groups is 1. The van der Waals surface area contributed by atoms with Crippen LogP contribution in [0.4, 0.5) is 18.9 Å². The molecule has 0 spiro atoms. The van der Waals surface area contributed by atoms with Gasteiger partial charge >= 0.3 is 6.18 Å². The van der Waals surface area contributed by atoms with Gasteiger partial charge in [-0.3, -0.25) is 9.59 Å². The summed E-state index contributed by atoms with van der Waals surface area (Å²) in [7, 11) is 0. The van der Waals surface area contributed by atoms with Crippen LogP contribution in [-0.4, -0.2) is 29.8 Å². The highest BCUT2D eigenvalue weighted by Gasteiger charge is 2.34. The Morgan fingerprint density at radius 2 is 2.09 bits per heavy atom. The van der Waals surface area contributed by atoms with E-state index in [4.69, 9.17) is 9.47 Å². The van der Waals surface area contributed by atoms with E-state index < -0.39 is 22.9 Å². The first-order chi connectivity index (χ1) is 15.6. The minimum Gasteiger partial charge on any atom is -0.494 e. The van der Waals surface area contributed by atoms with Crippen molar-refractivity contribution in [2.75, 3.05) is 11.9 Å². The molecule has 10 heteroatoms. The van der Waals surface area contributed by atoms with E-state index >= 15 is 0 Å². The predicted octanol–water partition coefficient (Wildman–Crippen LogP) is 4.55. The number of halogens is 3. The zero-order valence-corrected chi connectivity index (χ0v) is 18.9. The second kappa shape index (κ2) is 9.17. The van der Waals surface area contributed by atoms with E-state index in [0.717, 1.165) is 47.2 Å². The van der Waals surface area contributed by atoms with Gasteiger partial charge in [-0.05, 0) is 44.2 Å². The molecule has 4 rings (SSSR count). The molecule has 176 valence electrons. The molecular formula is C23H23F3N2O4S. The van der Waals surface area contributed by atoms with Crippen molar-refractivity contribution in [2.24, 2.45) is 0 Å². The third kappa shape index (κ3) is 5.21. The number of rotatable bonds is 6. The Balaban J connectivity index is 1.40. The van der Waals surface area contributed by atoms with Gasteiger partial charge in [-0.1, -0.05) is 0 Å². The molecule has 2 aromatic carbocycles. The Bertz CT molecular complexity index is 1090. The molecule has 2 aliphatic rings. The lowest BCUT2D eigenvalue weighted by Crippen LogP contribution is -2.34. The smallest absolute Gasteiger partial charge is 0.416 e. The number of hydrogen-bond donors (Lipinski definition) is 2. The maximum atomic E-state index is 12.9. The standard InChI is InChI=1S/C23H23F3N2O4S/c1-3-31-17-7-13-6-12(2)32-18(13)8-14(17)11-27-21(29)10-20-22(30)28-16-9-15(23(24,25)26)4-5-19(16)33-20/h4-5,7-9,12,20H,3,6,10-11H2,1-2H3,(H,27,29)(H,28,30)/t12-,20+/m0/s1. The van der Waals surface area contributed by atoms with Crippen molar-refractivity contribution in [1.29, 1.82) is 0 Å². The van der Waals surface area contributed by atoms with Gasteiger partial charge < -0.3 is 20.1 Å². The Hall–Kier alpha value is -2.88. The molecule has 2 atom stereocenters. The number of carbonyl (C=O) groups excluding carboxylic acids is 2. The summed E-state index contributed by atoms with van der Waals surface area (Å²) in [5.74, 6) is 0.591. The average Bonchev–Trinajstić information content (AvgIpc) is 3.10. The molecule has 0 aliphatic carbocycles. The molecular weight excluding hydrogens is 457 g/mol. The van der Waals surface area contributed by atoms with Gasteiger partial charge in [-0.25, -0.2) is 0 Å². The number of carbonyl (C=O) groups is 2. The summed E-state index contributed by atoms with van der Waals surface area (Å²) in [6, 6.07) is 6.98. The first-order valence-electron chi connectivity index (χ1n) is 10.5. The van der Waals surface area contributed by atoms with Crippen LogP contribution in [0, 0.1) is 0 Å². The number of benzene rings is 2. The maximum Gasteiger partial charge on any atom is 0.416 e. The zero-order valence-electron chi connectivity index (χ0n) is 18.0. The number of hydrogen-bond acceptors (Lipinski definition) is 5. The van der Waals surface area contributed by atoms with Crippen molar-refractivity contribution in [3.05, 3.63) is 47.0 Å². The normalized spacial score (nSPS) is 19.2. The van der Waals surface area contributed by atoms with Gasteiger partial charge in [0.15, 0.2) is 0 Å². The van der Waals surface area contributed by atoms with Gasteiger partial charge in [0.25, 0.3) is 0 Å². The lowest BCUT2D eigenvalue weighted by Gasteiger charge is -2.24. The highest BCUT2D eigenvalue weighted by Crippen LogP contribution is 2.40. The van der Waals surface area contributed by atoms with E-state index in [1.807, 2.05) is 26.0 Å². The average molecular weight is 481 g/mol. The van der Waals surface area contributed by atoms with Crippen molar-refractivity contribution < 1.29 is 32.2 Å². The van der Waals surface area contributed by atoms with Crippen LogP contribution in [-0.2, 0) is 28.7 Å².